The van der Waals surface area contributed by atoms with Crippen molar-refractivity contribution in [1.82, 2.24) is 0 Å². The lowest BCUT2D eigenvalue weighted by molar-refractivity contribution is 0.0601. The fourth-order valence-corrected chi connectivity index (χ4v) is 2.92. The number of sulfonamides is 1. The first-order valence-corrected chi connectivity index (χ1v) is 9.81. The molecule has 0 aromatic heterocycles. The summed E-state index contributed by atoms with van der Waals surface area (Å²) in [7, 11) is 0.647. The van der Waals surface area contributed by atoms with Crippen molar-refractivity contribution in [3.8, 4) is 11.5 Å². The number of carbonyl (C=O) groups excluding carboxylic acids is 2. The predicted molar refractivity (Wildman–Crippen MR) is 104 cm³/mol. The van der Waals surface area contributed by atoms with Crippen molar-refractivity contribution >= 4 is 33.3 Å². The van der Waals surface area contributed by atoms with Gasteiger partial charge in [0.25, 0.3) is 5.91 Å². The molecule has 1 amide bonds. The molecule has 0 radical (unpaired) electrons. The lowest BCUT2D eigenvalue weighted by Crippen LogP contribution is -2.16. The number of nitrogens with one attached hydrogen (secondary N) is 2. The highest BCUT2D eigenvalue weighted by atomic mass is 32.2. The van der Waals surface area contributed by atoms with Gasteiger partial charge in [0.2, 0.25) is 10.0 Å². The molecule has 0 fully saturated rings. The maximum Gasteiger partial charge on any atom is 0.340 e. The molecule has 0 unspecified atom stereocenters. The molecule has 0 spiro atoms. The molecular formula is C18H20N2O7S. The Labute approximate surface area is 162 Å². The van der Waals surface area contributed by atoms with Crippen LogP contribution >= 0.6 is 0 Å². The van der Waals surface area contributed by atoms with Crippen LogP contribution in [0.25, 0.3) is 0 Å². The summed E-state index contributed by atoms with van der Waals surface area (Å²) in [6.45, 7) is 0. The fourth-order valence-electron chi connectivity index (χ4n) is 2.36. The van der Waals surface area contributed by atoms with E-state index >= 15 is 0 Å². The molecule has 0 aliphatic rings. The molecule has 0 saturated carbocycles. The van der Waals surface area contributed by atoms with E-state index in [4.69, 9.17) is 14.2 Å². The highest BCUT2D eigenvalue weighted by molar-refractivity contribution is 7.92. The van der Waals surface area contributed by atoms with Gasteiger partial charge in [-0.25, -0.2) is 13.2 Å². The molecule has 2 rings (SSSR count). The third kappa shape index (κ3) is 5.13. The highest BCUT2D eigenvalue weighted by Crippen LogP contribution is 2.34. The topological polar surface area (TPSA) is 120 Å². The van der Waals surface area contributed by atoms with Crippen molar-refractivity contribution < 1.29 is 32.2 Å². The Morgan fingerprint density at radius 2 is 1.50 bits per heavy atom. The normalized spacial score (nSPS) is 10.7. The van der Waals surface area contributed by atoms with Gasteiger partial charge in [0, 0.05) is 23.4 Å². The van der Waals surface area contributed by atoms with E-state index in [0.717, 1.165) is 6.26 Å². The van der Waals surface area contributed by atoms with Crippen LogP contribution in [0.2, 0.25) is 0 Å². The van der Waals surface area contributed by atoms with Crippen LogP contribution < -0.4 is 19.5 Å². The molecule has 0 heterocycles. The monoisotopic (exact) mass is 408 g/mol. The molecule has 0 atom stereocenters. The van der Waals surface area contributed by atoms with Gasteiger partial charge in [0.05, 0.1) is 38.8 Å². The average Bonchev–Trinajstić information content (AvgIpc) is 2.66. The number of carbonyl (C=O) groups is 2. The molecule has 150 valence electrons. The van der Waals surface area contributed by atoms with Gasteiger partial charge in [-0.05, 0) is 24.3 Å². The number of amides is 1. The van der Waals surface area contributed by atoms with Gasteiger partial charge in [-0.2, -0.15) is 0 Å². The molecule has 0 saturated heterocycles. The fraction of sp³-hybridized carbons (Fsp3) is 0.222. The second-order valence-electron chi connectivity index (χ2n) is 5.65. The molecule has 2 aromatic rings. The van der Waals surface area contributed by atoms with Crippen LogP contribution in [0.3, 0.4) is 0 Å². The van der Waals surface area contributed by atoms with Gasteiger partial charge >= 0.3 is 5.97 Å². The first kappa shape index (κ1) is 21.0. The molecular weight excluding hydrogens is 388 g/mol. The van der Waals surface area contributed by atoms with Gasteiger partial charge < -0.3 is 19.5 Å². The number of hydrogen-bond donors (Lipinski definition) is 2. The molecule has 2 aromatic carbocycles. The van der Waals surface area contributed by atoms with Crippen molar-refractivity contribution in [2.24, 2.45) is 0 Å². The predicted octanol–water partition coefficient (Wildman–Crippen LogP) is 2.11. The molecule has 0 aliphatic heterocycles. The minimum atomic E-state index is -3.42. The summed E-state index contributed by atoms with van der Waals surface area (Å²) in [5.41, 5.74) is 0.835. The summed E-state index contributed by atoms with van der Waals surface area (Å²) in [5.74, 6) is -0.553. The Hall–Kier alpha value is -3.27. The lowest BCUT2D eigenvalue weighted by Gasteiger charge is -2.14. The first-order chi connectivity index (χ1) is 13.2. The largest absolute Gasteiger partial charge is 0.493 e. The standard InChI is InChI=1S/C18H20N2O7S/c1-25-15-9-13(18(22)27-3)14(10-16(15)26-2)19-17(21)11-5-7-12(8-6-11)20-28(4,23)24/h5-10,20H,1-4H3,(H,19,21). The van der Waals surface area contributed by atoms with Crippen LogP contribution in [0.4, 0.5) is 11.4 Å². The van der Waals surface area contributed by atoms with E-state index in [-0.39, 0.29) is 16.8 Å². The van der Waals surface area contributed by atoms with E-state index in [1.807, 2.05) is 0 Å². The molecule has 0 bridgehead atoms. The van der Waals surface area contributed by atoms with Crippen molar-refractivity contribution in [2.45, 2.75) is 0 Å². The maximum atomic E-state index is 12.6. The van der Waals surface area contributed by atoms with Crippen LogP contribution in [-0.2, 0) is 14.8 Å². The molecule has 0 aliphatic carbocycles. The van der Waals surface area contributed by atoms with E-state index in [1.165, 1.54) is 57.7 Å². The zero-order chi connectivity index (χ0) is 20.9. The zero-order valence-electron chi connectivity index (χ0n) is 15.7. The van der Waals surface area contributed by atoms with Crippen LogP contribution in [-0.4, -0.2) is 47.9 Å². The lowest BCUT2D eigenvalue weighted by atomic mass is 10.1. The Balaban J connectivity index is 2.33. The SMILES string of the molecule is COC(=O)c1cc(OC)c(OC)cc1NC(=O)c1ccc(NS(C)(=O)=O)cc1. The summed E-state index contributed by atoms with van der Waals surface area (Å²) >= 11 is 0. The number of hydrogen-bond acceptors (Lipinski definition) is 7. The van der Waals surface area contributed by atoms with Crippen LogP contribution in [0.1, 0.15) is 20.7 Å². The second-order valence-corrected chi connectivity index (χ2v) is 7.40. The maximum absolute atomic E-state index is 12.6. The average molecular weight is 408 g/mol. The van der Waals surface area contributed by atoms with E-state index in [1.54, 1.807) is 0 Å². The summed E-state index contributed by atoms with van der Waals surface area (Å²) in [4.78, 5) is 24.6. The van der Waals surface area contributed by atoms with E-state index in [0.29, 0.717) is 17.2 Å². The van der Waals surface area contributed by atoms with Gasteiger partial charge in [-0.1, -0.05) is 0 Å². The Morgan fingerprint density at radius 1 is 0.929 bits per heavy atom. The zero-order valence-corrected chi connectivity index (χ0v) is 16.5. The number of ether oxygens (including phenoxy) is 3. The quantitative estimate of drug-likeness (QED) is 0.673. The minimum Gasteiger partial charge on any atom is -0.493 e. The molecule has 10 heteroatoms. The number of methoxy groups -OCH3 is 3. The molecule has 9 nitrogen and oxygen atoms in total. The Morgan fingerprint density at radius 3 is 2.00 bits per heavy atom. The molecule has 28 heavy (non-hydrogen) atoms. The number of anilines is 2. The minimum absolute atomic E-state index is 0.0869. The summed E-state index contributed by atoms with van der Waals surface area (Å²) in [6, 6.07) is 8.64. The number of benzene rings is 2. The van der Waals surface area contributed by atoms with Crippen LogP contribution in [0.15, 0.2) is 36.4 Å². The van der Waals surface area contributed by atoms with Crippen molar-refractivity contribution in [3.63, 3.8) is 0 Å². The van der Waals surface area contributed by atoms with Gasteiger partial charge in [-0.15, -0.1) is 0 Å². The van der Waals surface area contributed by atoms with Crippen molar-refractivity contribution in [3.05, 3.63) is 47.5 Å². The van der Waals surface area contributed by atoms with Crippen molar-refractivity contribution in [2.75, 3.05) is 37.6 Å². The third-order valence-corrected chi connectivity index (χ3v) is 4.23. The number of esters is 1. The first-order valence-electron chi connectivity index (χ1n) is 7.92. The summed E-state index contributed by atoms with van der Waals surface area (Å²) < 4.78 is 39.9. The van der Waals surface area contributed by atoms with E-state index in [9.17, 15) is 18.0 Å². The highest BCUT2D eigenvalue weighted by Gasteiger charge is 2.19. The number of rotatable bonds is 7. The van der Waals surface area contributed by atoms with Crippen LogP contribution in [0.5, 0.6) is 11.5 Å². The third-order valence-electron chi connectivity index (χ3n) is 3.63. The van der Waals surface area contributed by atoms with Gasteiger partial charge in [0.15, 0.2) is 11.5 Å². The Bertz CT molecular complexity index is 986. The second kappa shape index (κ2) is 8.61. The van der Waals surface area contributed by atoms with Crippen LogP contribution in [0, 0.1) is 0 Å². The summed E-state index contributed by atoms with van der Waals surface area (Å²) in [5, 5.41) is 2.62. The van der Waals surface area contributed by atoms with Crippen molar-refractivity contribution in [1.29, 1.82) is 0 Å². The Kier molecular flexibility index (Phi) is 6.47. The van der Waals surface area contributed by atoms with E-state index < -0.39 is 21.9 Å². The summed E-state index contributed by atoms with van der Waals surface area (Å²) in [6.07, 6.45) is 1.03. The van der Waals surface area contributed by atoms with E-state index in [2.05, 4.69) is 10.0 Å². The smallest absolute Gasteiger partial charge is 0.340 e. The van der Waals surface area contributed by atoms with Gasteiger partial charge in [0.1, 0.15) is 0 Å². The van der Waals surface area contributed by atoms with Gasteiger partial charge in [-0.3, -0.25) is 9.52 Å². The molecule has 2 N–H and O–H groups in total.